The molecule has 0 aliphatic heterocycles. The first kappa shape index (κ1) is 18.4. The van der Waals surface area contributed by atoms with Crippen molar-refractivity contribution >= 4 is 23.5 Å². The van der Waals surface area contributed by atoms with E-state index in [4.69, 9.17) is 4.52 Å². The van der Waals surface area contributed by atoms with Gasteiger partial charge in [-0.05, 0) is 38.3 Å². The summed E-state index contributed by atoms with van der Waals surface area (Å²) in [6, 6.07) is 7.30. The van der Waals surface area contributed by atoms with E-state index in [9.17, 15) is 9.59 Å². The molecule has 0 spiro atoms. The van der Waals surface area contributed by atoms with Gasteiger partial charge in [-0.3, -0.25) is 14.3 Å². The number of aryl methyl sites for hydroxylation is 1. The number of amides is 1. The molecule has 9 heteroatoms. The van der Waals surface area contributed by atoms with E-state index in [0.717, 1.165) is 36.2 Å². The molecule has 0 aromatic carbocycles. The van der Waals surface area contributed by atoms with Crippen LogP contribution in [0.3, 0.4) is 0 Å². The molecular formula is C19H19N5O3S. The fourth-order valence-electron chi connectivity index (χ4n) is 3.26. The summed E-state index contributed by atoms with van der Waals surface area (Å²) >= 11 is 1.28. The summed E-state index contributed by atoms with van der Waals surface area (Å²) in [5.74, 6) is 0.935. The van der Waals surface area contributed by atoms with E-state index in [1.54, 1.807) is 23.8 Å². The molecule has 0 bridgehead atoms. The number of nitrogens with one attached hydrogen (secondary N) is 1. The van der Waals surface area contributed by atoms with Gasteiger partial charge in [0.25, 0.3) is 0 Å². The third-order valence-electron chi connectivity index (χ3n) is 4.48. The molecule has 0 fully saturated rings. The van der Waals surface area contributed by atoms with E-state index in [-0.39, 0.29) is 17.3 Å². The van der Waals surface area contributed by atoms with Gasteiger partial charge in [-0.1, -0.05) is 23.0 Å². The van der Waals surface area contributed by atoms with Crippen LogP contribution < -0.4 is 11.0 Å². The number of anilines is 1. The van der Waals surface area contributed by atoms with E-state index in [0.29, 0.717) is 23.1 Å². The lowest BCUT2D eigenvalue weighted by atomic mass is 10.2. The van der Waals surface area contributed by atoms with Gasteiger partial charge in [0.05, 0.1) is 18.0 Å². The van der Waals surface area contributed by atoms with Gasteiger partial charge in [-0.2, -0.15) is 4.98 Å². The van der Waals surface area contributed by atoms with Crippen LogP contribution in [-0.2, 0) is 24.2 Å². The Labute approximate surface area is 165 Å². The Bertz CT molecular complexity index is 1060. The topological polar surface area (TPSA) is 103 Å². The maximum atomic E-state index is 12.6. The van der Waals surface area contributed by atoms with Crippen molar-refractivity contribution in [2.45, 2.75) is 37.8 Å². The zero-order chi connectivity index (χ0) is 19.5. The third kappa shape index (κ3) is 3.99. The summed E-state index contributed by atoms with van der Waals surface area (Å²) in [5.41, 5.74) is 2.58. The summed E-state index contributed by atoms with van der Waals surface area (Å²) in [5, 5.41) is 7.06. The number of nitrogens with zero attached hydrogens (tertiary/aromatic N) is 4. The fraction of sp³-hybridized carbons (Fsp3) is 0.316. The highest BCUT2D eigenvalue weighted by Gasteiger charge is 2.23. The Hall–Kier alpha value is -2.94. The summed E-state index contributed by atoms with van der Waals surface area (Å²) < 4.78 is 6.63. The van der Waals surface area contributed by atoms with Crippen molar-refractivity contribution in [3.63, 3.8) is 0 Å². The molecule has 28 heavy (non-hydrogen) atoms. The standard InChI is InChI=1S/C19H19N5O3S/c1-12-9-16(23-27-12)21-17(25)11-28-18-14-6-4-7-15(14)24(19(26)22-18)10-13-5-2-3-8-20-13/h2-3,5,8-9H,4,6-7,10-11H2,1H3,(H,21,23,25). The number of hydrogen-bond donors (Lipinski definition) is 1. The Morgan fingerprint density at radius 1 is 1.36 bits per heavy atom. The van der Waals surface area contributed by atoms with Crippen LogP contribution >= 0.6 is 11.8 Å². The molecule has 0 saturated carbocycles. The number of fused-ring (bicyclic) bond motifs is 1. The second-order valence-electron chi connectivity index (χ2n) is 6.55. The van der Waals surface area contributed by atoms with Crippen LogP contribution in [0.1, 0.15) is 29.1 Å². The van der Waals surface area contributed by atoms with Gasteiger partial charge < -0.3 is 9.84 Å². The molecule has 1 N–H and O–H groups in total. The van der Waals surface area contributed by atoms with Crippen molar-refractivity contribution in [1.29, 1.82) is 0 Å². The van der Waals surface area contributed by atoms with Crippen molar-refractivity contribution in [1.82, 2.24) is 19.7 Å². The smallest absolute Gasteiger partial charge is 0.349 e. The van der Waals surface area contributed by atoms with Crippen LogP contribution in [0.5, 0.6) is 0 Å². The van der Waals surface area contributed by atoms with Gasteiger partial charge >= 0.3 is 5.69 Å². The zero-order valence-electron chi connectivity index (χ0n) is 15.3. The molecule has 3 aromatic rings. The van der Waals surface area contributed by atoms with Crippen molar-refractivity contribution in [3.05, 3.63) is 63.7 Å². The van der Waals surface area contributed by atoms with Gasteiger partial charge in [-0.25, -0.2) is 4.79 Å². The number of carbonyl (C=O) groups is 1. The van der Waals surface area contributed by atoms with E-state index >= 15 is 0 Å². The summed E-state index contributed by atoms with van der Waals surface area (Å²) in [6.45, 7) is 2.16. The number of carbonyl (C=O) groups excluding carboxylic acids is 1. The fourth-order valence-corrected chi connectivity index (χ4v) is 4.14. The number of thioether (sulfide) groups is 1. The van der Waals surface area contributed by atoms with Crippen molar-refractivity contribution in [2.24, 2.45) is 0 Å². The molecular weight excluding hydrogens is 378 g/mol. The molecule has 0 unspecified atom stereocenters. The largest absolute Gasteiger partial charge is 0.360 e. The second-order valence-corrected chi connectivity index (χ2v) is 7.51. The molecule has 144 valence electrons. The Morgan fingerprint density at radius 3 is 3.00 bits per heavy atom. The van der Waals surface area contributed by atoms with Crippen LogP contribution in [0.2, 0.25) is 0 Å². The minimum absolute atomic E-state index is 0.148. The lowest BCUT2D eigenvalue weighted by molar-refractivity contribution is -0.113. The van der Waals surface area contributed by atoms with Gasteiger partial charge in [0.1, 0.15) is 10.8 Å². The lowest BCUT2D eigenvalue weighted by Crippen LogP contribution is -2.28. The Balaban J connectivity index is 1.51. The average Bonchev–Trinajstić information content (AvgIpc) is 3.33. The van der Waals surface area contributed by atoms with E-state index in [1.165, 1.54) is 11.8 Å². The first-order valence-electron chi connectivity index (χ1n) is 8.98. The minimum atomic E-state index is -0.304. The summed E-state index contributed by atoms with van der Waals surface area (Å²) in [4.78, 5) is 33.3. The Kier molecular flexibility index (Phi) is 5.25. The molecule has 8 nitrogen and oxygen atoms in total. The normalized spacial score (nSPS) is 12.8. The predicted molar refractivity (Wildman–Crippen MR) is 104 cm³/mol. The number of rotatable bonds is 6. The van der Waals surface area contributed by atoms with Gasteiger partial charge in [-0.15, -0.1) is 0 Å². The third-order valence-corrected chi connectivity index (χ3v) is 5.50. The van der Waals surface area contributed by atoms with E-state index in [1.807, 2.05) is 18.2 Å². The molecule has 0 atom stereocenters. The van der Waals surface area contributed by atoms with Crippen LogP contribution in [-0.4, -0.2) is 31.4 Å². The van der Waals surface area contributed by atoms with E-state index in [2.05, 4.69) is 20.4 Å². The highest BCUT2D eigenvalue weighted by atomic mass is 32.2. The number of pyridine rings is 1. The maximum absolute atomic E-state index is 12.6. The second kappa shape index (κ2) is 7.97. The number of aromatic nitrogens is 4. The van der Waals surface area contributed by atoms with Crippen LogP contribution in [0.15, 0.2) is 44.8 Å². The number of hydrogen-bond acceptors (Lipinski definition) is 7. The summed E-state index contributed by atoms with van der Waals surface area (Å²) in [7, 11) is 0. The lowest BCUT2D eigenvalue weighted by Gasteiger charge is -2.13. The predicted octanol–water partition coefficient (Wildman–Crippen LogP) is 2.20. The Morgan fingerprint density at radius 2 is 2.25 bits per heavy atom. The highest BCUT2D eigenvalue weighted by molar-refractivity contribution is 8.00. The monoisotopic (exact) mass is 397 g/mol. The summed E-state index contributed by atoms with van der Waals surface area (Å²) in [6.07, 6.45) is 4.38. The molecule has 3 aromatic heterocycles. The van der Waals surface area contributed by atoms with Crippen molar-refractivity contribution in [2.75, 3.05) is 11.1 Å². The van der Waals surface area contributed by atoms with Crippen LogP contribution in [0, 0.1) is 6.92 Å². The van der Waals surface area contributed by atoms with E-state index < -0.39 is 0 Å². The average molecular weight is 397 g/mol. The molecule has 0 radical (unpaired) electrons. The SMILES string of the molecule is Cc1cc(NC(=O)CSc2nc(=O)n(Cc3ccccn3)c3c2CCC3)no1. The highest BCUT2D eigenvalue weighted by Crippen LogP contribution is 2.29. The van der Waals surface area contributed by atoms with Gasteiger partial charge in [0, 0.05) is 23.5 Å². The molecule has 0 saturated heterocycles. The molecule has 1 aliphatic rings. The van der Waals surface area contributed by atoms with Crippen LogP contribution in [0.4, 0.5) is 5.82 Å². The van der Waals surface area contributed by atoms with Crippen LogP contribution in [0.25, 0.3) is 0 Å². The first-order valence-corrected chi connectivity index (χ1v) is 9.97. The van der Waals surface area contributed by atoms with Crippen molar-refractivity contribution in [3.8, 4) is 0 Å². The van der Waals surface area contributed by atoms with Crippen molar-refractivity contribution < 1.29 is 9.32 Å². The molecule has 4 rings (SSSR count). The molecule has 1 amide bonds. The molecule has 1 aliphatic carbocycles. The van der Waals surface area contributed by atoms with Gasteiger partial charge in [0.2, 0.25) is 5.91 Å². The quantitative estimate of drug-likeness (QED) is 0.502. The zero-order valence-corrected chi connectivity index (χ0v) is 16.2. The minimum Gasteiger partial charge on any atom is -0.360 e. The maximum Gasteiger partial charge on any atom is 0.349 e. The van der Waals surface area contributed by atoms with Gasteiger partial charge in [0.15, 0.2) is 5.82 Å². The first-order chi connectivity index (χ1) is 13.6. The molecule has 3 heterocycles.